The van der Waals surface area contributed by atoms with Gasteiger partial charge in [0.25, 0.3) is 5.56 Å². The van der Waals surface area contributed by atoms with Crippen molar-refractivity contribution in [3.05, 3.63) is 70.3 Å². The van der Waals surface area contributed by atoms with E-state index in [2.05, 4.69) is 23.7 Å². The first-order valence-corrected chi connectivity index (χ1v) is 9.53. The maximum atomic E-state index is 12.9. The summed E-state index contributed by atoms with van der Waals surface area (Å²) in [6.45, 7) is 8.88. The van der Waals surface area contributed by atoms with Gasteiger partial charge in [-0.05, 0) is 56.4 Å². The van der Waals surface area contributed by atoms with E-state index in [1.165, 1.54) is 0 Å². The summed E-state index contributed by atoms with van der Waals surface area (Å²) < 4.78 is 6.90. The molecule has 6 nitrogen and oxygen atoms in total. The molecule has 1 aromatic heterocycles. The van der Waals surface area contributed by atoms with E-state index in [4.69, 9.17) is 4.74 Å². The van der Waals surface area contributed by atoms with Gasteiger partial charge in [0.05, 0.1) is 22.2 Å². The lowest BCUT2D eigenvalue weighted by atomic mass is 10.2. The summed E-state index contributed by atoms with van der Waals surface area (Å²) in [5, 5.41) is 0.563. The van der Waals surface area contributed by atoms with Crippen LogP contribution in [0.5, 0.6) is 0 Å². The molecule has 0 radical (unpaired) electrons. The fourth-order valence-electron chi connectivity index (χ4n) is 3.18. The number of carbonyl (C=O) groups excluding carboxylic acids is 1. The van der Waals surface area contributed by atoms with Gasteiger partial charge in [0.1, 0.15) is 12.4 Å². The average molecular weight is 379 g/mol. The summed E-state index contributed by atoms with van der Waals surface area (Å²) in [5.74, 6) is 0.234. The Morgan fingerprint density at radius 1 is 1.07 bits per heavy atom. The van der Waals surface area contributed by atoms with Crippen molar-refractivity contribution in [2.45, 2.75) is 20.8 Å². The number of hydrogen-bond acceptors (Lipinski definition) is 5. The first kappa shape index (κ1) is 19.8. The van der Waals surface area contributed by atoms with E-state index in [0.29, 0.717) is 41.1 Å². The molecule has 0 fully saturated rings. The summed E-state index contributed by atoms with van der Waals surface area (Å²) in [7, 11) is 0. The molecular formula is C22H25N3O3. The van der Waals surface area contributed by atoms with Gasteiger partial charge in [-0.3, -0.25) is 9.36 Å². The molecule has 1 heterocycles. The third-order valence-electron chi connectivity index (χ3n) is 4.84. The van der Waals surface area contributed by atoms with Crippen LogP contribution in [0, 0.1) is 6.92 Å². The van der Waals surface area contributed by atoms with Gasteiger partial charge in [0, 0.05) is 6.54 Å². The lowest BCUT2D eigenvalue weighted by molar-refractivity contribution is 0.0466. The zero-order valence-electron chi connectivity index (χ0n) is 16.5. The van der Waals surface area contributed by atoms with Crippen LogP contribution in [0.3, 0.4) is 0 Å². The van der Waals surface area contributed by atoms with Crippen LogP contribution in [0.2, 0.25) is 0 Å². The molecule has 0 spiro atoms. The molecule has 146 valence electrons. The molecule has 28 heavy (non-hydrogen) atoms. The molecule has 0 N–H and O–H groups in total. The van der Waals surface area contributed by atoms with Crippen molar-refractivity contribution in [3.8, 4) is 5.69 Å². The number of likely N-dealkylation sites (N-methyl/N-ethyl adjacent to an activating group) is 1. The molecule has 0 aliphatic rings. The Hall–Kier alpha value is -2.99. The van der Waals surface area contributed by atoms with E-state index < -0.39 is 0 Å². The first-order valence-electron chi connectivity index (χ1n) is 9.53. The van der Waals surface area contributed by atoms with Crippen molar-refractivity contribution in [2.75, 3.05) is 26.2 Å². The fraction of sp³-hybridized carbons (Fsp3) is 0.318. The molecule has 0 unspecified atom stereocenters. The van der Waals surface area contributed by atoms with Crippen LogP contribution >= 0.6 is 0 Å². The number of ether oxygens (including phenoxy) is 1. The Labute approximate surface area is 164 Å². The third kappa shape index (κ3) is 4.12. The molecule has 0 atom stereocenters. The monoisotopic (exact) mass is 379 g/mol. The van der Waals surface area contributed by atoms with Crippen LogP contribution in [-0.4, -0.2) is 46.7 Å². The quantitative estimate of drug-likeness (QED) is 0.590. The molecule has 0 saturated heterocycles. The van der Waals surface area contributed by atoms with E-state index in [-0.39, 0.29) is 11.5 Å². The van der Waals surface area contributed by atoms with Crippen LogP contribution in [0.1, 0.15) is 30.0 Å². The lowest BCUT2D eigenvalue weighted by Crippen LogP contribution is -2.27. The standard InChI is InChI=1S/C22H25N3O3/c1-4-24(5-2)14-15-28-22(27)17-10-12-18(13-11-17)25-16(3)23-20-9-7-6-8-19(20)21(25)26/h6-13H,4-5,14-15H2,1-3H3. The van der Waals surface area contributed by atoms with Gasteiger partial charge in [-0.1, -0.05) is 26.0 Å². The zero-order chi connectivity index (χ0) is 20.1. The van der Waals surface area contributed by atoms with Gasteiger partial charge in [0.2, 0.25) is 0 Å². The minimum atomic E-state index is -0.362. The highest BCUT2D eigenvalue weighted by Gasteiger charge is 2.12. The van der Waals surface area contributed by atoms with Gasteiger partial charge < -0.3 is 9.64 Å². The molecule has 3 rings (SSSR count). The lowest BCUT2D eigenvalue weighted by Gasteiger charge is -2.17. The highest BCUT2D eigenvalue weighted by atomic mass is 16.5. The minimum absolute atomic E-state index is 0.127. The molecule has 0 bridgehead atoms. The van der Waals surface area contributed by atoms with Crippen molar-refractivity contribution in [1.82, 2.24) is 14.5 Å². The number of benzene rings is 2. The maximum Gasteiger partial charge on any atom is 0.338 e. The number of fused-ring (bicyclic) bond motifs is 1. The minimum Gasteiger partial charge on any atom is -0.461 e. The van der Waals surface area contributed by atoms with Crippen molar-refractivity contribution in [3.63, 3.8) is 0 Å². The molecule has 2 aromatic carbocycles. The van der Waals surface area contributed by atoms with E-state index in [0.717, 1.165) is 13.1 Å². The summed E-state index contributed by atoms with van der Waals surface area (Å²) >= 11 is 0. The SMILES string of the molecule is CCN(CC)CCOC(=O)c1ccc(-n2c(C)nc3ccccc3c2=O)cc1. The van der Waals surface area contributed by atoms with Crippen molar-refractivity contribution < 1.29 is 9.53 Å². The summed E-state index contributed by atoms with van der Waals surface area (Å²) in [4.78, 5) is 31.8. The number of carbonyl (C=O) groups is 1. The Kier molecular flexibility index (Phi) is 6.21. The topological polar surface area (TPSA) is 64.4 Å². The Balaban J connectivity index is 1.79. The number of nitrogens with zero attached hydrogens (tertiary/aromatic N) is 3. The molecule has 0 amide bonds. The molecular weight excluding hydrogens is 354 g/mol. The number of aromatic nitrogens is 2. The van der Waals surface area contributed by atoms with E-state index in [1.807, 2.05) is 18.2 Å². The fourth-order valence-corrected chi connectivity index (χ4v) is 3.18. The van der Waals surface area contributed by atoms with Gasteiger partial charge in [-0.2, -0.15) is 0 Å². The number of hydrogen-bond donors (Lipinski definition) is 0. The summed E-state index contributed by atoms with van der Waals surface area (Å²) in [6, 6.07) is 14.1. The second-order valence-corrected chi connectivity index (χ2v) is 6.53. The largest absolute Gasteiger partial charge is 0.461 e. The van der Waals surface area contributed by atoms with Gasteiger partial charge >= 0.3 is 5.97 Å². The number of para-hydroxylation sites is 1. The second kappa shape index (κ2) is 8.80. The molecule has 0 aliphatic carbocycles. The molecule has 6 heteroatoms. The average Bonchev–Trinajstić information content (AvgIpc) is 2.71. The molecule has 3 aromatic rings. The van der Waals surface area contributed by atoms with Crippen molar-refractivity contribution in [1.29, 1.82) is 0 Å². The van der Waals surface area contributed by atoms with Crippen LogP contribution in [0.25, 0.3) is 16.6 Å². The predicted molar refractivity (Wildman–Crippen MR) is 110 cm³/mol. The van der Waals surface area contributed by atoms with Crippen LogP contribution in [-0.2, 0) is 4.74 Å². The second-order valence-electron chi connectivity index (χ2n) is 6.53. The Morgan fingerprint density at radius 3 is 2.43 bits per heavy atom. The smallest absolute Gasteiger partial charge is 0.338 e. The van der Waals surface area contributed by atoms with Crippen molar-refractivity contribution in [2.24, 2.45) is 0 Å². The van der Waals surface area contributed by atoms with Crippen LogP contribution in [0.15, 0.2) is 53.3 Å². The van der Waals surface area contributed by atoms with Gasteiger partial charge in [-0.15, -0.1) is 0 Å². The molecule has 0 saturated carbocycles. The summed E-state index contributed by atoms with van der Waals surface area (Å²) in [5.41, 5.74) is 1.68. The molecule has 0 aliphatic heterocycles. The number of esters is 1. The highest BCUT2D eigenvalue weighted by Crippen LogP contribution is 2.14. The Morgan fingerprint density at radius 2 is 1.75 bits per heavy atom. The number of aryl methyl sites for hydroxylation is 1. The van der Waals surface area contributed by atoms with Crippen LogP contribution in [0.4, 0.5) is 0 Å². The first-order chi connectivity index (χ1) is 13.5. The van der Waals surface area contributed by atoms with Crippen molar-refractivity contribution >= 4 is 16.9 Å². The third-order valence-corrected chi connectivity index (χ3v) is 4.84. The van der Waals surface area contributed by atoms with Gasteiger partial charge in [-0.25, -0.2) is 9.78 Å². The highest BCUT2D eigenvalue weighted by molar-refractivity contribution is 5.89. The normalized spacial score (nSPS) is 11.1. The maximum absolute atomic E-state index is 12.9. The van der Waals surface area contributed by atoms with Crippen LogP contribution < -0.4 is 5.56 Å². The summed E-state index contributed by atoms with van der Waals surface area (Å²) in [6.07, 6.45) is 0. The van der Waals surface area contributed by atoms with Gasteiger partial charge in [0.15, 0.2) is 0 Å². The van der Waals surface area contributed by atoms with E-state index >= 15 is 0 Å². The predicted octanol–water partition coefficient (Wildman–Crippen LogP) is 3.19. The Bertz CT molecular complexity index is 1020. The van der Waals surface area contributed by atoms with E-state index in [9.17, 15) is 9.59 Å². The van der Waals surface area contributed by atoms with E-state index in [1.54, 1.807) is 41.8 Å². The number of rotatable bonds is 7. The zero-order valence-corrected chi connectivity index (χ0v) is 16.5.